The van der Waals surface area contributed by atoms with Crippen molar-refractivity contribution in [2.24, 2.45) is 5.73 Å². The van der Waals surface area contributed by atoms with E-state index in [1.807, 2.05) is 0 Å². The minimum Gasteiger partial charge on any atom is -0.396 e. The molecule has 0 saturated carbocycles. The van der Waals surface area contributed by atoms with E-state index in [4.69, 9.17) is 5.73 Å². The summed E-state index contributed by atoms with van der Waals surface area (Å²) in [4.78, 5) is 11.1. The van der Waals surface area contributed by atoms with Crippen molar-refractivity contribution in [3.05, 3.63) is 41.1 Å². The largest absolute Gasteiger partial charge is 0.396 e. The lowest BCUT2D eigenvalue weighted by Gasteiger charge is -2.01. The molecule has 0 atom stereocenters. The zero-order valence-corrected chi connectivity index (χ0v) is 8.26. The van der Waals surface area contributed by atoms with Gasteiger partial charge in [0.2, 0.25) is 0 Å². The van der Waals surface area contributed by atoms with Gasteiger partial charge in [-0.25, -0.2) is 8.78 Å². The molecule has 1 aromatic rings. The average Bonchev–Trinajstić information content (AvgIpc) is 2.22. The van der Waals surface area contributed by atoms with Crippen LogP contribution in [0.25, 0.3) is 6.08 Å². The van der Waals surface area contributed by atoms with Gasteiger partial charge in [0.05, 0.1) is 5.70 Å². The summed E-state index contributed by atoms with van der Waals surface area (Å²) >= 11 is 0. The van der Waals surface area contributed by atoms with E-state index in [1.165, 1.54) is 6.07 Å². The Hall–Kier alpha value is -1.71. The van der Waals surface area contributed by atoms with Crippen molar-refractivity contribution in [1.82, 2.24) is 0 Å². The number of nitrogens with two attached hydrogens (primary N) is 1. The van der Waals surface area contributed by atoms with Crippen LogP contribution in [0.5, 0.6) is 0 Å². The van der Waals surface area contributed by atoms with Gasteiger partial charge in [0.15, 0.2) is 5.78 Å². The summed E-state index contributed by atoms with van der Waals surface area (Å²) in [5.74, 6) is -1.80. The third-order valence-corrected chi connectivity index (χ3v) is 1.94. The Balaban J connectivity index is 3.13. The highest BCUT2D eigenvalue weighted by molar-refractivity contribution is 5.98. The molecule has 0 saturated heterocycles. The first-order valence-electron chi connectivity index (χ1n) is 4.50. The van der Waals surface area contributed by atoms with Crippen LogP contribution in [0.2, 0.25) is 0 Å². The molecular formula is C11H11F2NO. The molecule has 0 amide bonds. The van der Waals surface area contributed by atoms with Crippen molar-refractivity contribution < 1.29 is 13.6 Å². The molecule has 0 radical (unpaired) electrons. The highest BCUT2D eigenvalue weighted by atomic mass is 19.1. The number of ketones is 1. The second-order valence-corrected chi connectivity index (χ2v) is 3.01. The van der Waals surface area contributed by atoms with Crippen LogP contribution in [0.1, 0.15) is 18.9 Å². The van der Waals surface area contributed by atoms with Crippen LogP contribution in [0, 0.1) is 11.6 Å². The number of hydrogen-bond donors (Lipinski definition) is 1. The first-order valence-corrected chi connectivity index (χ1v) is 4.50. The van der Waals surface area contributed by atoms with Gasteiger partial charge in [0.25, 0.3) is 0 Å². The Labute approximate surface area is 86.4 Å². The average molecular weight is 211 g/mol. The molecule has 0 heterocycles. The van der Waals surface area contributed by atoms with E-state index >= 15 is 0 Å². The van der Waals surface area contributed by atoms with Gasteiger partial charge < -0.3 is 5.73 Å². The number of halogens is 2. The molecule has 1 aromatic carbocycles. The van der Waals surface area contributed by atoms with Crippen LogP contribution in [0.15, 0.2) is 23.9 Å². The molecular weight excluding hydrogens is 200 g/mol. The van der Waals surface area contributed by atoms with E-state index in [0.29, 0.717) is 0 Å². The SMILES string of the molecule is CCC(=O)/C(N)=C/c1c(F)cccc1F. The number of benzene rings is 1. The monoisotopic (exact) mass is 211 g/mol. The van der Waals surface area contributed by atoms with Crippen molar-refractivity contribution in [2.75, 3.05) is 0 Å². The molecule has 2 nitrogen and oxygen atoms in total. The molecule has 0 aromatic heterocycles. The second-order valence-electron chi connectivity index (χ2n) is 3.01. The number of Topliss-reactive ketones (excluding diaryl/α,β-unsaturated/α-hetero) is 1. The summed E-state index contributed by atoms with van der Waals surface area (Å²) in [5, 5.41) is 0. The summed E-state index contributed by atoms with van der Waals surface area (Å²) in [7, 11) is 0. The van der Waals surface area contributed by atoms with Crippen molar-refractivity contribution in [3.63, 3.8) is 0 Å². The number of carbonyl (C=O) groups is 1. The van der Waals surface area contributed by atoms with Gasteiger partial charge in [-0.2, -0.15) is 0 Å². The van der Waals surface area contributed by atoms with Gasteiger partial charge >= 0.3 is 0 Å². The predicted molar refractivity (Wildman–Crippen MR) is 53.8 cm³/mol. The molecule has 0 aliphatic carbocycles. The Kier molecular flexibility index (Phi) is 3.55. The molecule has 80 valence electrons. The lowest BCUT2D eigenvalue weighted by atomic mass is 10.1. The molecule has 0 aliphatic rings. The lowest BCUT2D eigenvalue weighted by molar-refractivity contribution is -0.115. The Bertz CT molecular complexity index is 393. The van der Waals surface area contributed by atoms with Gasteiger partial charge in [0, 0.05) is 12.0 Å². The lowest BCUT2D eigenvalue weighted by Crippen LogP contribution is -2.10. The summed E-state index contributed by atoms with van der Waals surface area (Å²) in [6.07, 6.45) is 1.23. The fraction of sp³-hybridized carbons (Fsp3) is 0.182. The van der Waals surface area contributed by atoms with Crippen molar-refractivity contribution in [1.29, 1.82) is 0 Å². The molecule has 15 heavy (non-hydrogen) atoms. The standard InChI is InChI=1S/C11H11F2NO/c1-2-11(15)10(14)6-7-8(12)4-3-5-9(7)13/h3-6H,2,14H2,1H3/b10-6-. The minimum absolute atomic E-state index is 0.137. The predicted octanol–water partition coefficient (Wildman–Crippen LogP) is 2.24. The topological polar surface area (TPSA) is 43.1 Å². The Morgan fingerprint density at radius 2 is 1.93 bits per heavy atom. The number of rotatable bonds is 3. The quantitative estimate of drug-likeness (QED) is 0.779. The molecule has 1 rings (SSSR count). The van der Waals surface area contributed by atoms with E-state index in [9.17, 15) is 13.6 Å². The molecule has 2 N–H and O–H groups in total. The van der Waals surface area contributed by atoms with Gasteiger partial charge in [-0.15, -0.1) is 0 Å². The summed E-state index contributed by atoms with van der Waals surface area (Å²) in [6.45, 7) is 1.63. The fourth-order valence-electron chi connectivity index (χ4n) is 1.09. The third-order valence-electron chi connectivity index (χ3n) is 1.94. The highest BCUT2D eigenvalue weighted by Crippen LogP contribution is 2.15. The number of carbonyl (C=O) groups excluding carboxylic acids is 1. The maximum absolute atomic E-state index is 13.1. The van der Waals surface area contributed by atoms with Crippen LogP contribution in [-0.2, 0) is 4.79 Å². The van der Waals surface area contributed by atoms with E-state index in [0.717, 1.165) is 18.2 Å². The van der Waals surface area contributed by atoms with Gasteiger partial charge in [-0.3, -0.25) is 4.79 Å². The number of hydrogen-bond acceptors (Lipinski definition) is 2. The molecule has 0 fully saturated rings. The van der Waals surface area contributed by atoms with Crippen LogP contribution < -0.4 is 5.73 Å². The Morgan fingerprint density at radius 1 is 1.40 bits per heavy atom. The van der Waals surface area contributed by atoms with E-state index < -0.39 is 11.6 Å². The van der Waals surface area contributed by atoms with Crippen LogP contribution in [-0.4, -0.2) is 5.78 Å². The van der Waals surface area contributed by atoms with E-state index in [1.54, 1.807) is 6.92 Å². The maximum atomic E-state index is 13.1. The van der Waals surface area contributed by atoms with Crippen molar-refractivity contribution in [3.8, 4) is 0 Å². The molecule has 0 aliphatic heterocycles. The van der Waals surface area contributed by atoms with Gasteiger partial charge in [-0.05, 0) is 18.2 Å². The van der Waals surface area contributed by atoms with Crippen LogP contribution in [0.3, 0.4) is 0 Å². The first-order chi connectivity index (χ1) is 7.06. The smallest absolute Gasteiger partial charge is 0.178 e. The summed E-state index contributed by atoms with van der Waals surface area (Å²) in [6, 6.07) is 3.47. The first kappa shape index (κ1) is 11.4. The number of allylic oxidation sites excluding steroid dienone is 1. The van der Waals surface area contributed by atoms with Gasteiger partial charge in [-0.1, -0.05) is 13.0 Å². The Morgan fingerprint density at radius 3 is 2.40 bits per heavy atom. The zero-order chi connectivity index (χ0) is 11.4. The molecule has 0 bridgehead atoms. The third kappa shape index (κ3) is 2.62. The van der Waals surface area contributed by atoms with Gasteiger partial charge in [0.1, 0.15) is 11.6 Å². The zero-order valence-electron chi connectivity index (χ0n) is 8.26. The minimum atomic E-state index is -0.734. The maximum Gasteiger partial charge on any atom is 0.178 e. The molecule has 0 unspecified atom stereocenters. The summed E-state index contributed by atoms with van der Waals surface area (Å²) in [5.41, 5.74) is 4.96. The van der Waals surface area contributed by atoms with E-state index in [-0.39, 0.29) is 23.5 Å². The van der Waals surface area contributed by atoms with E-state index in [2.05, 4.69) is 0 Å². The summed E-state index contributed by atoms with van der Waals surface area (Å²) < 4.78 is 26.3. The second kappa shape index (κ2) is 4.68. The molecule has 0 spiro atoms. The van der Waals surface area contributed by atoms with Crippen molar-refractivity contribution in [2.45, 2.75) is 13.3 Å². The van der Waals surface area contributed by atoms with Crippen LogP contribution in [0.4, 0.5) is 8.78 Å². The van der Waals surface area contributed by atoms with Crippen molar-refractivity contribution >= 4 is 11.9 Å². The highest BCUT2D eigenvalue weighted by Gasteiger charge is 2.08. The van der Waals surface area contributed by atoms with Crippen LogP contribution >= 0.6 is 0 Å². The normalized spacial score (nSPS) is 11.5. The fourth-order valence-corrected chi connectivity index (χ4v) is 1.09. The molecule has 4 heteroatoms.